The number of ether oxygens (including phenoxy) is 2. The lowest BCUT2D eigenvalue weighted by atomic mass is 10.1. The molecule has 6 nitrogen and oxygen atoms in total. The number of rotatable bonds is 7. The molecule has 27 heavy (non-hydrogen) atoms. The summed E-state index contributed by atoms with van der Waals surface area (Å²) in [4.78, 5) is 24.6. The van der Waals surface area contributed by atoms with Gasteiger partial charge in [-0.1, -0.05) is 29.8 Å². The van der Waals surface area contributed by atoms with E-state index in [2.05, 4.69) is 10.6 Å². The molecule has 3 rings (SSSR count). The fourth-order valence-corrected chi connectivity index (χ4v) is 2.97. The Hall–Kier alpha value is -2.57. The van der Waals surface area contributed by atoms with Gasteiger partial charge in [-0.3, -0.25) is 9.59 Å². The van der Waals surface area contributed by atoms with Crippen LogP contribution in [0.2, 0.25) is 5.02 Å². The van der Waals surface area contributed by atoms with Crippen molar-refractivity contribution in [3.63, 3.8) is 0 Å². The van der Waals surface area contributed by atoms with Gasteiger partial charge in [-0.05, 0) is 43.2 Å². The molecule has 1 aliphatic rings. The van der Waals surface area contributed by atoms with Crippen molar-refractivity contribution in [2.24, 2.45) is 0 Å². The third kappa shape index (κ3) is 5.70. The van der Waals surface area contributed by atoms with Crippen molar-refractivity contribution < 1.29 is 19.1 Å². The maximum atomic E-state index is 12.5. The van der Waals surface area contributed by atoms with Gasteiger partial charge < -0.3 is 20.1 Å². The van der Waals surface area contributed by atoms with Gasteiger partial charge in [0.05, 0.1) is 17.4 Å². The number of hydrogen-bond acceptors (Lipinski definition) is 4. The predicted molar refractivity (Wildman–Crippen MR) is 103 cm³/mol. The van der Waals surface area contributed by atoms with Crippen LogP contribution >= 0.6 is 11.6 Å². The van der Waals surface area contributed by atoms with E-state index in [0.717, 1.165) is 19.4 Å². The summed E-state index contributed by atoms with van der Waals surface area (Å²) in [6.07, 6.45) is 2.01. The molecule has 2 aromatic carbocycles. The zero-order valence-electron chi connectivity index (χ0n) is 14.7. The topological polar surface area (TPSA) is 76.7 Å². The summed E-state index contributed by atoms with van der Waals surface area (Å²) < 4.78 is 10.9. The third-order valence-electron chi connectivity index (χ3n) is 4.13. The van der Waals surface area contributed by atoms with Gasteiger partial charge in [0.15, 0.2) is 6.61 Å². The summed E-state index contributed by atoms with van der Waals surface area (Å²) >= 11 is 5.89. The van der Waals surface area contributed by atoms with Crippen molar-refractivity contribution in [1.82, 2.24) is 5.32 Å². The molecule has 0 aliphatic carbocycles. The molecule has 2 aromatic rings. The van der Waals surface area contributed by atoms with Gasteiger partial charge in [-0.25, -0.2) is 0 Å². The Morgan fingerprint density at radius 3 is 2.81 bits per heavy atom. The van der Waals surface area contributed by atoms with Crippen LogP contribution in [0.5, 0.6) is 5.75 Å². The van der Waals surface area contributed by atoms with Crippen LogP contribution in [0, 0.1) is 0 Å². The fraction of sp³-hybridized carbons (Fsp3) is 0.300. The van der Waals surface area contributed by atoms with E-state index in [1.54, 1.807) is 48.5 Å². The van der Waals surface area contributed by atoms with Crippen molar-refractivity contribution in [3.05, 3.63) is 59.1 Å². The van der Waals surface area contributed by atoms with Gasteiger partial charge in [-0.2, -0.15) is 0 Å². The molecular formula is C20H21ClN2O4. The Balaban J connectivity index is 1.56. The second-order valence-electron chi connectivity index (χ2n) is 6.18. The van der Waals surface area contributed by atoms with E-state index in [4.69, 9.17) is 21.1 Å². The standard InChI is InChI=1S/C20H21ClN2O4/c21-14-5-3-6-15(11-14)27-13-19(24)23-18-9-2-1-8-17(18)20(25)22-12-16-7-4-10-26-16/h1-3,5-6,8-9,11,16H,4,7,10,12-13H2,(H,22,25)(H,23,24). The molecule has 2 N–H and O–H groups in total. The highest BCUT2D eigenvalue weighted by atomic mass is 35.5. The van der Waals surface area contributed by atoms with E-state index in [9.17, 15) is 9.59 Å². The molecule has 2 amide bonds. The molecular weight excluding hydrogens is 368 g/mol. The highest BCUT2D eigenvalue weighted by Gasteiger charge is 2.18. The van der Waals surface area contributed by atoms with E-state index < -0.39 is 0 Å². The summed E-state index contributed by atoms with van der Waals surface area (Å²) in [5.41, 5.74) is 0.827. The van der Waals surface area contributed by atoms with Crippen LogP contribution < -0.4 is 15.4 Å². The summed E-state index contributed by atoms with van der Waals surface area (Å²) in [5.74, 6) is -0.119. The van der Waals surface area contributed by atoms with Crippen LogP contribution in [0.25, 0.3) is 0 Å². The molecule has 142 valence electrons. The minimum atomic E-state index is -0.366. The largest absolute Gasteiger partial charge is 0.484 e. The average Bonchev–Trinajstić information content (AvgIpc) is 3.19. The Morgan fingerprint density at radius 1 is 1.19 bits per heavy atom. The Labute approximate surface area is 162 Å². The third-order valence-corrected chi connectivity index (χ3v) is 4.36. The van der Waals surface area contributed by atoms with E-state index in [1.165, 1.54) is 0 Å². The first-order valence-corrected chi connectivity index (χ1v) is 9.16. The van der Waals surface area contributed by atoms with E-state index >= 15 is 0 Å². The number of para-hydroxylation sites is 1. The van der Waals surface area contributed by atoms with Crippen molar-refractivity contribution in [2.75, 3.05) is 25.1 Å². The molecule has 0 radical (unpaired) electrons. The summed E-state index contributed by atoms with van der Waals surface area (Å²) in [6, 6.07) is 13.6. The first-order valence-electron chi connectivity index (χ1n) is 8.79. The Bertz CT molecular complexity index is 806. The van der Waals surface area contributed by atoms with Gasteiger partial charge in [-0.15, -0.1) is 0 Å². The average molecular weight is 389 g/mol. The molecule has 0 saturated carbocycles. The minimum Gasteiger partial charge on any atom is -0.484 e. The summed E-state index contributed by atoms with van der Waals surface area (Å²) in [6.45, 7) is 1.00. The zero-order valence-corrected chi connectivity index (χ0v) is 15.5. The first kappa shape index (κ1) is 19.2. The van der Waals surface area contributed by atoms with Crippen LogP contribution in [-0.4, -0.2) is 37.7 Å². The molecule has 7 heteroatoms. The number of hydrogen-bond donors (Lipinski definition) is 2. The molecule has 1 fully saturated rings. The number of carbonyl (C=O) groups is 2. The second-order valence-corrected chi connectivity index (χ2v) is 6.62. The molecule has 1 heterocycles. The van der Waals surface area contributed by atoms with Crippen molar-refractivity contribution in [1.29, 1.82) is 0 Å². The predicted octanol–water partition coefficient (Wildman–Crippen LogP) is 3.27. The molecule has 1 unspecified atom stereocenters. The lowest BCUT2D eigenvalue weighted by molar-refractivity contribution is -0.118. The first-order chi connectivity index (χ1) is 13.1. The molecule has 1 aliphatic heterocycles. The van der Waals surface area contributed by atoms with E-state index in [0.29, 0.717) is 28.6 Å². The molecule has 0 aromatic heterocycles. The van der Waals surface area contributed by atoms with Crippen molar-refractivity contribution >= 4 is 29.1 Å². The van der Waals surface area contributed by atoms with Crippen molar-refractivity contribution in [2.45, 2.75) is 18.9 Å². The molecule has 0 bridgehead atoms. The van der Waals surface area contributed by atoms with E-state index in [1.807, 2.05) is 0 Å². The van der Waals surface area contributed by atoms with Crippen LogP contribution in [0.1, 0.15) is 23.2 Å². The fourth-order valence-electron chi connectivity index (χ4n) is 2.79. The van der Waals surface area contributed by atoms with Gasteiger partial charge in [0, 0.05) is 18.2 Å². The zero-order chi connectivity index (χ0) is 19.1. The van der Waals surface area contributed by atoms with Crippen molar-refractivity contribution in [3.8, 4) is 5.75 Å². The lowest BCUT2D eigenvalue weighted by Gasteiger charge is -2.14. The Kier molecular flexibility index (Phi) is 6.68. The molecule has 1 saturated heterocycles. The lowest BCUT2D eigenvalue weighted by Crippen LogP contribution is -2.32. The number of anilines is 1. The van der Waals surface area contributed by atoms with Gasteiger partial charge in [0.2, 0.25) is 0 Å². The normalized spacial score (nSPS) is 16.0. The van der Waals surface area contributed by atoms with E-state index in [-0.39, 0.29) is 24.5 Å². The van der Waals surface area contributed by atoms with Gasteiger partial charge in [0.1, 0.15) is 5.75 Å². The van der Waals surface area contributed by atoms with Gasteiger partial charge in [0.25, 0.3) is 11.8 Å². The number of amides is 2. The summed E-state index contributed by atoms with van der Waals surface area (Å²) in [7, 11) is 0. The highest BCUT2D eigenvalue weighted by Crippen LogP contribution is 2.18. The Morgan fingerprint density at radius 2 is 2.04 bits per heavy atom. The monoisotopic (exact) mass is 388 g/mol. The summed E-state index contributed by atoms with van der Waals surface area (Å²) in [5, 5.41) is 6.10. The number of carbonyl (C=O) groups excluding carboxylic acids is 2. The quantitative estimate of drug-likeness (QED) is 0.763. The molecule has 1 atom stereocenters. The minimum absolute atomic E-state index is 0.0572. The number of halogens is 1. The SMILES string of the molecule is O=C(COc1cccc(Cl)c1)Nc1ccccc1C(=O)NCC1CCCO1. The molecule has 0 spiro atoms. The second kappa shape index (κ2) is 9.39. The maximum absolute atomic E-state index is 12.5. The number of benzene rings is 2. The van der Waals surface area contributed by atoms with Gasteiger partial charge >= 0.3 is 0 Å². The van der Waals surface area contributed by atoms with Crippen LogP contribution in [0.15, 0.2) is 48.5 Å². The van der Waals surface area contributed by atoms with Crippen LogP contribution in [-0.2, 0) is 9.53 Å². The number of nitrogens with one attached hydrogen (secondary N) is 2. The highest BCUT2D eigenvalue weighted by molar-refractivity contribution is 6.30. The van der Waals surface area contributed by atoms with Crippen LogP contribution in [0.3, 0.4) is 0 Å². The van der Waals surface area contributed by atoms with Crippen LogP contribution in [0.4, 0.5) is 5.69 Å². The maximum Gasteiger partial charge on any atom is 0.262 e. The smallest absolute Gasteiger partial charge is 0.262 e.